The SMILES string of the molecule is N=C(CC(NC(=O)c1ncoc1-c1ccccc1)c1ccccc1O)c1cccnc1. The summed E-state index contributed by atoms with van der Waals surface area (Å²) in [7, 11) is 0. The van der Waals surface area contributed by atoms with Gasteiger partial charge < -0.3 is 20.2 Å². The summed E-state index contributed by atoms with van der Waals surface area (Å²) in [5.41, 5.74) is 2.30. The number of aromatic hydroxyl groups is 1. The Balaban J connectivity index is 1.63. The number of carbonyl (C=O) groups is 1. The first-order valence-electron chi connectivity index (χ1n) is 9.69. The molecule has 0 radical (unpaired) electrons. The van der Waals surface area contributed by atoms with E-state index in [1.54, 1.807) is 48.8 Å². The zero-order valence-corrected chi connectivity index (χ0v) is 16.5. The number of benzene rings is 2. The molecule has 0 saturated carbocycles. The van der Waals surface area contributed by atoms with E-state index in [4.69, 9.17) is 9.83 Å². The number of carbonyl (C=O) groups excluding carboxylic acids is 1. The highest BCUT2D eigenvalue weighted by atomic mass is 16.3. The molecule has 7 nitrogen and oxygen atoms in total. The predicted molar refractivity (Wildman–Crippen MR) is 116 cm³/mol. The summed E-state index contributed by atoms with van der Waals surface area (Å²) in [6.07, 6.45) is 4.61. The molecule has 31 heavy (non-hydrogen) atoms. The molecule has 0 aliphatic heterocycles. The van der Waals surface area contributed by atoms with Gasteiger partial charge >= 0.3 is 0 Å². The van der Waals surface area contributed by atoms with Crippen molar-refractivity contribution < 1.29 is 14.3 Å². The summed E-state index contributed by atoms with van der Waals surface area (Å²) in [5.74, 6) is -0.0634. The van der Waals surface area contributed by atoms with Crippen molar-refractivity contribution in [2.24, 2.45) is 0 Å². The summed E-state index contributed by atoms with van der Waals surface area (Å²) in [6, 6.07) is 18.8. The molecule has 2 aromatic heterocycles. The maximum Gasteiger partial charge on any atom is 0.274 e. The average Bonchev–Trinajstić information content (AvgIpc) is 3.30. The van der Waals surface area contributed by atoms with Crippen molar-refractivity contribution in [1.82, 2.24) is 15.3 Å². The number of amides is 1. The zero-order valence-electron chi connectivity index (χ0n) is 16.5. The highest BCUT2D eigenvalue weighted by Gasteiger charge is 2.24. The van der Waals surface area contributed by atoms with Crippen LogP contribution in [0.2, 0.25) is 0 Å². The number of nitrogens with zero attached hydrogens (tertiary/aromatic N) is 2. The Morgan fingerprint density at radius 3 is 2.58 bits per heavy atom. The van der Waals surface area contributed by atoms with Crippen LogP contribution in [0.1, 0.15) is 34.1 Å². The summed E-state index contributed by atoms with van der Waals surface area (Å²) in [6.45, 7) is 0. The highest BCUT2D eigenvalue weighted by molar-refractivity contribution is 6.00. The molecule has 4 rings (SSSR count). The summed E-state index contributed by atoms with van der Waals surface area (Å²) < 4.78 is 5.46. The molecule has 1 atom stereocenters. The van der Waals surface area contributed by atoms with Crippen LogP contribution in [-0.2, 0) is 0 Å². The van der Waals surface area contributed by atoms with Gasteiger partial charge in [-0.1, -0.05) is 54.6 Å². The van der Waals surface area contributed by atoms with E-state index in [9.17, 15) is 9.90 Å². The molecular weight excluding hydrogens is 392 g/mol. The van der Waals surface area contributed by atoms with Crippen LogP contribution < -0.4 is 5.32 Å². The third-order valence-corrected chi connectivity index (χ3v) is 4.85. The summed E-state index contributed by atoms with van der Waals surface area (Å²) in [4.78, 5) is 21.3. The molecule has 3 N–H and O–H groups in total. The minimum atomic E-state index is -0.651. The molecule has 0 spiro atoms. The number of nitrogens with one attached hydrogen (secondary N) is 2. The lowest BCUT2D eigenvalue weighted by Gasteiger charge is -2.20. The smallest absolute Gasteiger partial charge is 0.274 e. The predicted octanol–water partition coefficient (Wildman–Crippen LogP) is 4.37. The van der Waals surface area contributed by atoms with Crippen LogP contribution in [0.5, 0.6) is 5.75 Å². The molecule has 0 fully saturated rings. The van der Waals surface area contributed by atoms with Gasteiger partial charge in [-0.05, 0) is 12.1 Å². The van der Waals surface area contributed by atoms with E-state index in [1.165, 1.54) is 6.39 Å². The van der Waals surface area contributed by atoms with Crippen LogP contribution in [0.25, 0.3) is 11.3 Å². The molecule has 2 aromatic carbocycles. The molecule has 1 unspecified atom stereocenters. The van der Waals surface area contributed by atoms with Gasteiger partial charge in [0.25, 0.3) is 5.91 Å². The number of oxazole rings is 1. The Labute approximate surface area is 178 Å². The number of hydrogen-bond acceptors (Lipinski definition) is 6. The second kappa shape index (κ2) is 9.04. The number of para-hydroxylation sites is 1. The standard InChI is InChI=1S/C24H20N4O3/c25-19(17-9-6-12-26-14-17)13-20(18-10-4-5-11-21(18)29)28-24(30)22-23(31-15-27-22)16-7-2-1-3-8-16/h1-12,14-15,20,25,29H,13H2,(H,28,30). The van der Waals surface area contributed by atoms with E-state index in [0.717, 1.165) is 5.56 Å². The van der Waals surface area contributed by atoms with E-state index in [0.29, 0.717) is 16.9 Å². The van der Waals surface area contributed by atoms with Gasteiger partial charge in [-0.2, -0.15) is 0 Å². The van der Waals surface area contributed by atoms with Crippen molar-refractivity contribution in [2.75, 3.05) is 0 Å². The van der Waals surface area contributed by atoms with Gasteiger partial charge in [-0.25, -0.2) is 4.98 Å². The fourth-order valence-corrected chi connectivity index (χ4v) is 3.31. The highest BCUT2D eigenvalue weighted by Crippen LogP contribution is 2.29. The second-order valence-electron chi connectivity index (χ2n) is 6.91. The first kappa shape index (κ1) is 20.0. The second-order valence-corrected chi connectivity index (χ2v) is 6.91. The molecule has 2 heterocycles. The maximum absolute atomic E-state index is 13.1. The molecule has 0 aliphatic carbocycles. The Morgan fingerprint density at radius 2 is 1.84 bits per heavy atom. The number of hydrogen-bond donors (Lipinski definition) is 3. The van der Waals surface area contributed by atoms with Crippen molar-refractivity contribution in [3.63, 3.8) is 0 Å². The number of pyridine rings is 1. The van der Waals surface area contributed by atoms with Crippen molar-refractivity contribution in [1.29, 1.82) is 5.41 Å². The summed E-state index contributed by atoms with van der Waals surface area (Å²) >= 11 is 0. The average molecular weight is 412 g/mol. The molecule has 0 saturated heterocycles. The van der Waals surface area contributed by atoms with Crippen LogP contribution in [0, 0.1) is 5.41 Å². The molecule has 154 valence electrons. The lowest BCUT2D eigenvalue weighted by molar-refractivity contribution is 0.0933. The maximum atomic E-state index is 13.1. The third kappa shape index (κ3) is 4.51. The van der Waals surface area contributed by atoms with E-state index in [-0.39, 0.29) is 23.6 Å². The lowest BCUT2D eigenvalue weighted by atomic mass is 9.97. The van der Waals surface area contributed by atoms with Gasteiger partial charge in [0, 0.05) is 41.2 Å². The number of phenols is 1. The Bertz CT molecular complexity index is 1190. The third-order valence-electron chi connectivity index (χ3n) is 4.85. The Morgan fingerprint density at radius 1 is 1.06 bits per heavy atom. The van der Waals surface area contributed by atoms with Crippen LogP contribution in [0.15, 0.2) is 89.9 Å². The van der Waals surface area contributed by atoms with Gasteiger partial charge in [-0.3, -0.25) is 9.78 Å². The van der Waals surface area contributed by atoms with Gasteiger partial charge in [0.15, 0.2) is 17.8 Å². The fraction of sp³-hybridized carbons (Fsp3) is 0.0833. The number of aromatic nitrogens is 2. The van der Waals surface area contributed by atoms with Gasteiger partial charge in [0.2, 0.25) is 0 Å². The van der Waals surface area contributed by atoms with E-state index >= 15 is 0 Å². The van der Waals surface area contributed by atoms with Crippen LogP contribution >= 0.6 is 0 Å². The van der Waals surface area contributed by atoms with Crippen molar-refractivity contribution in [3.05, 3.63) is 102 Å². The molecule has 0 aliphatic rings. The molecule has 1 amide bonds. The van der Waals surface area contributed by atoms with E-state index in [1.807, 2.05) is 30.3 Å². The Kier molecular flexibility index (Phi) is 5.84. The van der Waals surface area contributed by atoms with E-state index < -0.39 is 11.9 Å². The Hall–Kier alpha value is -4.26. The minimum absolute atomic E-state index is 0.0372. The largest absolute Gasteiger partial charge is 0.508 e. The quantitative estimate of drug-likeness (QED) is 0.390. The molecular formula is C24H20N4O3. The van der Waals surface area contributed by atoms with Crippen LogP contribution in [-0.4, -0.2) is 26.7 Å². The van der Waals surface area contributed by atoms with Crippen LogP contribution in [0.4, 0.5) is 0 Å². The topological polar surface area (TPSA) is 112 Å². The van der Waals surface area contributed by atoms with Gasteiger partial charge in [0.1, 0.15) is 5.75 Å². The van der Waals surface area contributed by atoms with Gasteiger partial charge in [0.05, 0.1) is 6.04 Å². The molecule has 7 heteroatoms. The van der Waals surface area contributed by atoms with Crippen molar-refractivity contribution in [3.8, 4) is 17.1 Å². The van der Waals surface area contributed by atoms with Crippen molar-refractivity contribution in [2.45, 2.75) is 12.5 Å². The number of phenolic OH excluding ortho intramolecular Hbond substituents is 1. The van der Waals surface area contributed by atoms with Gasteiger partial charge in [-0.15, -0.1) is 0 Å². The first-order valence-corrected chi connectivity index (χ1v) is 9.69. The fourth-order valence-electron chi connectivity index (χ4n) is 3.31. The van der Waals surface area contributed by atoms with Crippen LogP contribution in [0.3, 0.4) is 0 Å². The zero-order chi connectivity index (χ0) is 21.6. The minimum Gasteiger partial charge on any atom is -0.508 e. The summed E-state index contributed by atoms with van der Waals surface area (Å²) in [5, 5.41) is 21.7. The lowest BCUT2D eigenvalue weighted by Crippen LogP contribution is -2.31. The van der Waals surface area contributed by atoms with E-state index in [2.05, 4.69) is 15.3 Å². The normalized spacial score (nSPS) is 11.6. The molecule has 0 bridgehead atoms. The first-order chi connectivity index (χ1) is 15.1. The molecule has 4 aromatic rings. The number of rotatable bonds is 7. The monoisotopic (exact) mass is 412 g/mol. The van der Waals surface area contributed by atoms with Crippen molar-refractivity contribution >= 4 is 11.6 Å².